The molecule has 1 saturated carbocycles. The molecule has 2 atom stereocenters. The van der Waals surface area contributed by atoms with Crippen molar-refractivity contribution in [2.45, 2.75) is 45.4 Å². The zero-order valence-corrected chi connectivity index (χ0v) is 13.2. The zero-order chi connectivity index (χ0) is 14.3. The summed E-state index contributed by atoms with van der Waals surface area (Å²) in [4.78, 5) is 12.1. The molecule has 20 heavy (non-hydrogen) atoms. The smallest absolute Gasteiger partial charge is 0.254 e. The number of rotatable bonds is 4. The van der Waals surface area contributed by atoms with Gasteiger partial charge in [-0.05, 0) is 19.4 Å². The fourth-order valence-electron chi connectivity index (χ4n) is 2.57. The lowest BCUT2D eigenvalue weighted by atomic mass is 9.56. The van der Waals surface area contributed by atoms with Crippen molar-refractivity contribution in [2.75, 3.05) is 7.11 Å². The van der Waals surface area contributed by atoms with Crippen molar-refractivity contribution >= 4 is 18.3 Å². The molecule has 1 heterocycles. The normalized spacial score (nSPS) is 27.4. The van der Waals surface area contributed by atoms with Crippen LogP contribution in [-0.4, -0.2) is 24.7 Å². The highest BCUT2D eigenvalue weighted by molar-refractivity contribution is 5.94. The zero-order valence-electron chi connectivity index (χ0n) is 12.4. The highest BCUT2D eigenvalue weighted by Gasteiger charge is 2.58. The molecule has 6 heteroatoms. The van der Waals surface area contributed by atoms with Gasteiger partial charge >= 0.3 is 0 Å². The first kappa shape index (κ1) is 17.0. The van der Waals surface area contributed by atoms with Gasteiger partial charge in [0.15, 0.2) is 0 Å². The van der Waals surface area contributed by atoms with E-state index in [1.165, 1.54) is 6.26 Å². The van der Waals surface area contributed by atoms with Crippen molar-refractivity contribution in [3.8, 4) is 0 Å². The molecule has 1 amide bonds. The Kier molecular flexibility index (Phi) is 4.90. The van der Waals surface area contributed by atoms with Gasteiger partial charge in [0.2, 0.25) is 0 Å². The molecule has 0 saturated heterocycles. The number of nitrogens with one attached hydrogen (secondary N) is 1. The maximum Gasteiger partial charge on any atom is 0.254 e. The monoisotopic (exact) mass is 302 g/mol. The van der Waals surface area contributed by atoms with Crippen molar-refractivity contribution in [1.29, 1.82) is 0 Å². The standard InChI is InChI=1S/C14H22N2O3.ClH/c1-13(2)11(6-14(13,3)18-4)16-12(17)9-5-10(7-15)19-8-9;/h5,8,11H,6-7,15H2,1-4H3,(H,16,17);1H. The van der Waals surface area contributed by atoms with Gasteiger partial charge in [0, 0.05) is 18.6 Å². The molecule has 0 aliphatic heterocycles. The summed E-state index contributed by atoms with van der Waals surface area (Å²) in [6.45, 7) is 6.57. The Morgan fingerprint density at radius 3 is 2.65 bits per heavy atom. The van der Waals surface area contributed by atoms with Crippen LogP contribution in [0.2, 0.25) is 0 Å². The molecular weight excluding hydrogens is 280 g/mol. The largest absolute Gasteiger partial charge is 0.467 e. The molecule has 5 nitrogen and oxygen atoms in total. The molecule has 3 N–H and O–H groups in total. The van der Waals surface area contributed by atoms with Gasteiger partial charge in [-0.1, -0.05) is 13.8 Å². The third kappa shape index (κ3) is 2.57. The van der Waals surface area contributed by atoms with E-state index in [0.29, 0.717) is 17.9 Å². The van der Waals surface area contributed by atoms with E-state index in [1.54, 1.807) is 13.2 Å². The van der Waals surface area contributed by atoms with Crippen LogP contribution in [-0.2, 0) is 11.3 Å². The van der Waals surface area contributed by atoms with E-state index >= 15 is 0 Å². The molecule has 1 aliphatic rings. The minimum Gasteiger partial charge on any atom is -0.467 e. The fraction of sp³-hybridized carbons (Fsp3) is 0.643. The minimum absolute atomic E-state index is 0. The van der Waals surface area contributed by atoms with Crippen molar-refractivity contribution < 1.29 is 13.9 Å². The third-order valence-electron chi connectivity index (χ3n) is 4.70. The van der Waals surface area contributed by atoms with E-state index in [0.717, 1.165) is 6.42 Å². The van der Waals surface area contributed by atoms with Gasteiger partial charge in [-0.3, -0.25) is 4.79 Å². The van der Waals surface area contributed by atoms with Crippen LogP contribution in [0.15, 0.2) is 16.7 Å². The van der Waals surface area contributed by atoms with Gasteiger partial charge in [0.05, 0.1) is 17.7 Å². The van der Waals surface area contributed by atoms with Crippen molar-refractivity contribution in [2.24, 2.45) is 11.1 Å². The van der Waals surface area contributed by atoms with Crippen molar-refractivity contribution in [3.63, 3.8) is 0 Å². The number of carbonyl (C=O) groups is 1. The fourth-order valence-corrected chi connectivity index (χ4v) is 2.57. The second-order valence-corrected chi connectivity index (χ2v) is 5.89. The summed E-state index contributed by atoms with van der Waals surface area (Å²) in [5.74, 6) is 0.486. The van der Waals surface area contributed by atoms with Crippen molar-refractivity contribution in [1.82, 2.24) is 5.32 Å². The average Bonchev–Trinajstić information content (AvgIpc) is 2.86. The molecule has 1 aromatic heterocycles. The van der Waals surface area contributed by atoms with Crippen LogP contribution in [0.25, 0.3) is 0 Å². The van der Waals surface area contributed by atoms with Crippen LogP contribution in [0.1, 0.15) is 43.3 Å². The Labute approximate surface area is 125 Å². The molecule has 1 fully saturated rings. The average molecular weight is 303 g/mol. The van der Waals surface area contributed by atoms with Crippen molar-refractivity contribution in [3.05, 3.63) is 23.7 Å². The molecule has 2 unspecified atom stereocenters. The first-order chi connectivity index (χ1) is 8.84. The lowest BCUT2D eigenvalue weighted by Crippen LogP contribution is -2.68. The van der Waals surface area contributed by atoms with Crippen LogP contribution in [0, 0.1) is 5.41 Å². The molecule has 1 aliphatic carbocycles. The summed E-state index contributed by atoms with van der Waals surface area (Å²) in [6, 6.07) is 1.78. The molecule has 0 bridgehead atoms. The third-order valence-corrected chi connectivity index (χ3v) is 4.70. The molecule has 1 aromatic rings. The van der Waals surface area contributed by atoms with E-state index in [-0.39, 0.29) is 35.4 Å². The minimum atomic E-state index is -0.191. The van der Waals surface area contributed by atoms with Crippen LogP contribution < -0.4 is 11.1 Å². The summed E-state index contributed by atoms with van der Waals surface area (Å²) < 4.78 is 10.7. The molecule has 0 spiro atoms. The molecule has 2 rings (SSSR count). The Morgan fingerprint density at radius 1 is 1.55 bits per heavy atom. The highest BCUT2D eigenvalue weighted by atomic mass is 35.5. The van der Waals surface area contributed by atoms with E-state index in [2.05, 4.69) is 26.1 Å². The molecule has 114 valence electrons. The number of methoxy groups -OCH3 is 1. The number of carbonyl (C=O) groups excluding carboxylic acids is 1. The maximum absolute atomic E-state index is 12.1. The SMILES string of the molecule is COC1(C)CC(NC(=O)c2coc(CN)c2)C1(C)C.Cl. The Morgan fingerprint density at radius 2 is 2.20 bits per heavy atom. The quantitative estimate of drug-likeness (QED) is 0.893. The van der Waals surface area contributed by atoms with E-state index < -0.39 is 0 Å². The highest BCUT2D eigenvalue weighted by Crippen LogP contribution is 2.51. The second-order valence-electron chi connectivity index (χ2n) is 5.89. The van der Waals surface area contributed by atoms with Crippen LogP contribution >= 0.6 is 12.4 Å². The summed E-state index contributed by atoms with van der Waals surface area (Å²) in [6.07, 6.45) is 2.25. The number of halogens is 1. The van der Waals surface area contributed by atoms with Gasteiger partial charge in [0.25, 0.3) is 5.91 Å². The summed E-state index contributed by atoms with van der Waals surface area (Å²) in [5.41, 5.74) is 5.68. The first-order valence-electron chi connectivity index (χ1n) is 6.47. The number of hydrogen-bond acceptors (Lipinski definition) is 4. The Hall–Kier alpha value is -1.04. The van der Waals surface area contributed by atoms with Crippen LogP contribution in [0.4, 0.5) is 0 Å². The molecular formula is C14H23ClN2O3. The number of ether oxygens (including phenoxy) is 1. The number of amides is 1. The topological polar surface area (TPSA) is 77.5 Å². The van der Waals surface area contributed by atoms with Gasteiger partial charge in [0.1, 0.15) is 12.0 Å². The molecule has 0 aromatic carbocycles. The van der Waals surface area contributed by atoms with Crippen LogP contribution in [0.3, 0.4) is 0 Å². The van der Waals surface area contributed by atoms with E-state index in [1.807, 2.05) is 0 Å². The lowest BCUT2D eigenvalue weighted by Gasteiger charge is -2.59. The predicted octanol–water partition coefficient (Wildman–Crippen LogP) is 2.09. The summed E-state index contributed by atoms with van der Waals surface area (Å²) in [5, 5.41) is 3.03. The van der Waals surface area contributed by atoms with Gasteiger partial charge < -0.3 is 20.2 Å². The van der Waals surface area contributed by atoms with Gasteiger partial charge in [-0.25, -0.2) is 0 Å². The van der Waals surface area contributed by atoms with Gasteiger partial charge in [-0.2, -0.15) is 0 Å². The van der Waals surface area contributed by atoms with Crippen LogP contribution in [0.5, 0.6) is 0 Å². The summed E-state index contributed by atoms with van der Waals surface area (Å²) >= 11 is 0. The van der Waals surface area contributed by atoms with E-state index in [9.17, 15) is 4.79 Å². The summed E-state index contributed by atoms with van der Waals surface area (Å²) in [7, 11) is 1.71. The number of nitrogens with two attached hydrogens (primary N) is 1. The first-order valence-corrected chi connectivity index (χ1v) is 6.47. The van der Waals surface area contributed by atoms with Gasteiger partial charge in [-0.15, -0.1) is 12.4 Å². The molecule has 0 radical (unpaired) electrons. The Bertz CT molecular complexity index is 487. The second kappa shape index (κ2) is 5.76. The predicted molar refractivity (Wildman–Crippen MR) is 78.9 cm³/mol. The number of furan rings is 1. The maximum atomic E-state index is 12.1. The Balaban J connectivity index is 0.00000200. The number of hydrogen-bond donors (Lipinski definition) is 2. The lowest BCUT2D eigenvalue weighted by molar-refractivity contribution is -0.177. The van der Waals surface area contributed by atoms with E-state index in [4.69, 9.17) is 14.9 Å².